The SMILES string of the molecule is Cn1c(=O)c(C(=O)COC(=O)c2cn[nH]c2-c2ccccc2)c(N)n(Cc2ccccc2)c1=O. The van der Waals surface area contributed by atoms with Crippen LogP contribution in [0.4, 0.5) is 5.82 Å². The lowest BCUT2D eigenvalue weighted by molar-refractivity contribution is 0.0475. The molecule has 0 saturated carbocycles. The minimum atomic E-state index is -0.860. The van der Waals surface area contributed by atoms with Crippen LogP contribution in [0.5, 0.6) is 0 Å². The topological polar surface area (TPSA) is 142 Å². The summed E-state index contributed by atoms with van der Waals surface area (Å²) >= 11 is 0. The van der Waals surface area contributed by atoms with Crippen LogP contribution in [0.2, 0.25) is 0 Å². The molecular formula is C24H21N5O5. The molecule has 3 N–H and O–H groups in total. The van der Waals surface area contributed by atoms with Crippen LogP contribution < -0.4 is 17.0 Å². The number of nitrogens with two attached hydrogens (primary N) is 1. The molecule has 172 valence electrons. The Balaban J connectivity index is 1.58. The van der Waals surface area contributed by atoms with Crippen LogP contribution in [0, 0.1) is 0 Å². The highest BCUT2D eigenvalue weighted by molar-refractivity contribution is 6.03. The van der Waals surface area contributed by atoms with Crippen molar-refractivity contribution in [1.29, 1.82) is 0 Å². The van der Waals surface area contributed by atoms with Gasteiger partial charge in [0.25, 0.3) is 5.56 Å². The number of ether oxygens (including phenoxy) is 1. The summed E-state index contributed by atoms with van der Waals surface area (Å²) in [5, 5.41) is 6.62. The molecule has 4 rings (SSSR count). The van der Waals surface area contributed by atoms with Crippen molar-refractivity contribution in [1.82, 2.24) is 19.3 Å². The number of Topliss-reactive ketones (excluding diaryl/α,β-unsaturated/α-hetero) is 1. The summed E-state index contributed by atoms with van der Waals surface area (Å²) < 4.78 is 7.10. The highest BCUT2D eigenvalue weighted by atomic mass is 16.5. The zero-order valence-corrected chi connectivity index (χ0v) is 18.2. The van der Waals surface area contributed by atoms with Gasteiger partial charge in [-0.2, -0.15) is 5.10 Å². The third-order valence-electron chi connectivity index (χ3n) is 5.30. The number of hydrogen-bond donors (Lipinski definition) is 2. The minimum absolute atomic E-state index is 0.0646. The fourth-order valence-electron chi connectivity index (χ4n) is 3.51. The average Bonchev–Trinajstić information content (AvgIpc) is 3.35. The first-order valence-corrected chi connectivity index (χ1v) is 10.3. The van der Waals surface area contributed by atoms with Crippen LogP contribution in [0.3, 0.4) is 0 Å². The molecule has 0 spiro atoms. The average molecular weight is 459 g/mol. The van der Waals surface area contributed by atoms with Crippen molar-refractivity contribution in [3.63, 3.8) is 0 Å². The lowest BCUT2D eigenvalue weighted by atomic mass is 10.1. The molecule has 0 atom stereocenters. The van der Waals surface area contributed by atoms with E-state index in [1.165, 1.54) is 13.2 Å². The van der Waals surface area contributed by atoms with Crippen LogP contribution in [0.1, 0.15) is 26.3 Å². The standard InChI is InChI=1S/C24H21N5O5/c1-28-22(31)19(21(25)29(24(28)33)13-15-8-4-2-5-9-15)18(30)14-34-23(32)17-12-26-27-20(17)16-10-6-3-7-11-16/h2-12H,13-14,25H2,1H3,(H,26,27). The molecule has 0 fully saturated rings. The van der Waals surface area contributed by atoms with E-state index in [2.05, 4.69) is 10.2 Å². The number of aromatic nitrogens is 4. The number of benzene rings is 2. The molecule has 2 aromatic carbocycles. The van der Waals surface area contributed by atoms with Gasteiger partial charge in [0.2, 0.25) is 5.78 Å². The Kier molecular flexibility index (Phi) is 6.22. The maximum absolute atomic E-state index is 12.9. The number of nitrogens with one attached hydrogen (secondary N) is 1. The van der Waals surface area contributed by atoms with Gasteiger partial charge in [0.05, 0.1) is 18.4 Å². The smallest absolute Gasteiger partial charge is 0.342 e. The molecule has 10 nitrogen and oxygen atoms in total. The number of aromatic amines is 1. The second-order valence-corrected chi connectivity index (χ2v) is 7.50. The number of nitrogens with zero attached hydrogens (tertiary/aromatic N) is 3. The van der Waals surface area contributed by atoms with E-state index in [1.807, 2.05) is 12.1 Å². The molecule has 34 heavy (non-hydrogen) atoms. The Hall–Kier alpha value is -4.73. The van der Waals surface area contributed by atoms with Crippen molar-refractivity contribution < 1.29 is 14.3 Å². The van der Waals surface area contributed by atoms with Gasteiger partial charge in [0, 0.05) is 12.6 Å². The van der Waals surface area contributed by atoms with Crippen LogP contribution >= 0.6 is 0 Å². The summed E-state index contributed by atoms with van der Waals surface area (Å²) in [5.74, 6) is -1.90. The third-order valence-corrected chi connectivity index (χ3v) is 5.30. The van der Waals surface area contributed by atoms with Crippen molar-refractivity contribution in [2.45, 2.75) is 6.54 Å². The summed E-state index contributed by atoms with van der Waals surface area (Å²) in [5.41, 5.74) is 6.18. The normalized spacial score (nSPS) is 10.7. The van der Waals surface area contributed by atoms with Gasteiger partial charge in [-0.1, -0.05) is 60.7 Å². The second-order valence-electron chi connectivity index (χ2n) is 7.50. The van der Waals surface area contributed by atoms with Gasteiger partial charge >= 0.3 is 11.7 Å². The number of carbonyl (C=O) groups is 2. The Bertz CT molecular complexity index is 1470. The van der Waals surface area contributed by atoms with Crippen LogP contribution in [-0.4, -0.2) is 37.7 Å². The number of esters is 1. The van der Waals surface area contributed by atoms with Gasteiger partial charge in [-0.25, -0.2) is 9.59 Å². The molecule has 0 bridgehead atoms. The Labute approximate surface area is 193 Å². The molecule has 0 aliphatic rings. The molecule has 10 heteroatoms. The highest BCUT2D eigenvalue weighted by Crippen LogP contribution is 2.21. The van der Waals surface area contributed by atoms with E-state index >= 15 is 0 Å². The first kappa shape index (κ1) is 22.5. The number of ketones is 1. The first-order valence-electron chi connectivity index (χ1n) is 10.3. The number of anilines is 1. The fraction of sp³-hybridized carbons (Fsp3) is 0.125. The summed E-state index contributed by atoms with van der Waals surface area (Å²) in [6.45, 7) is -0.670. The maximum atomic E-state index is 12.9. The lowest BCUT2D eigenvalue weighted by Gasteiger charge is -2.14. The molecule has 0 aliphatic heterocycles. The minimum Gasteiger partial charge on any atom is -0.454 e. The summed E-state index contributed by atoms with van der Waals surface area (Å²) in [7, 11) is 1.26. The van der Waals surface area contributed by atoms with Gasteiger partial charge in [-0.15, -0.1) is 0 Å². The number of rotatable bonds is 7. The Morgan fingerprint density at radius 1 is 1.03 bits per heavy atom. The predicted octanol–water partition coefficient (Wildman–Crippen LogP) is 1.61. The summed E-state index contributed by atoms with van der Waals surface area (Å²) in [6, 6.07) is 18.0. The molecule has 2 heterocycles. The van der Waals surface area contributed by atoms with Crippen LogP contribution in [0.15, 0.2) is 76.4 Å². The first-order chi connectivity index (χ1) is 16.4. The van der Waals surface area contributed by atoms with Crippen molar-refractivity contribution in [3.05, 3.63) is 104 Å². The van der Waals surface area contributed by atoms with Gasteiger partial charge in [-0.05, 0) is 5.56 Å². The predicted molar refractivity (Wildman–Crippen MR) is 125 cm³/mol. The molecule has 0 unspecified atom stereocenters. The summed E-state index contributed by atoms with van der Waals surface area (Å²) in [6.07, 6.45) is 1.29. The molecular weight excluding hydrogens is 438 g/mol. The maximum Gasteiger partial charge on any atom is 0.342 e. The molecule has 2 aromatic heterocycles. The van der Waals surface area contributed by atoms with Gasteiger partial charge in [0.1, 0.15) is 16.9 Å². The number of carbonyl (C=O) groups excluding carboxylic acids is 2. The molecule has 0 radical (unpaired) electrons. The molecule has 0 saturated heterocycles. The zero-order valence-electron chi connectivity index (χ0n) is 18.2. The monoisotopic (exact) mass is 459 g/mol. The van der Waals surface area contributed by atoms with E-state index in [0.29, 0.717) is 11.3 Å². The van der Waals surface area contributed by atoms with Gasteiger partial charge in [-0.3, -0.25) is 23.8 Å². The highest BCUT2D eigenvalue weighted by Gasteiger charge is 2.24. The van der Waals surface area contributed by atoms with Crippen molar-refractivity contribution in [3.8, 4) is 11.3 Å². The summed E-state index contributed by atoms with van der Waals surface area (Å²) in [4.78, 5) is 50.8. The van der Waals surface area contributed by atoms with Crippen molar-refractivity contribution >= 4 is 17.6 Å². The van der Waals surface area contributed by atoms with Crippen LogP contribution in [-0.2, 0) is 18.3 Å². The van der Waals surface area contributed by atoms with Gasteiger partial charge < -0.3 is 10.5 Å². The van der Waals surface area contributed by atoms with E-state index in [1.54, 1.807) is 48.5 Å². The quantitative estimate of drug-likeness (QED) is 0.316. The van der Waals surface area contributed by atoms with Crippen LogP contribution in [0.25, 0.3) is 11.3 Å². The van der Waals surface area contributed by atoms with E-state index in [9.17, 15) is 19.2 Å². The van der Waals surface area contributed by atoms with Gasteiger partial charge in [0.15, 0.2) is 6.61 Å². The fourth-order valence-corrected chi connectivity index (χ4v) is 3.51. The lowest BCUT2D eigenvalue weighted by Crippen LogP contribution is -2.43. The zero-order chi connectivity index (χ0) is 24.2. The number of hydrogen-bond acceptors (Lipinski definition) is 7. The Morgan fingerprint density at radius 2 is 1.68 bits per heavy atom. The largest absolute Gasteiger partial charge is 0.454 e. The molecule has 0 amide bonds. The Morgan fingerprint density at radius 3 is 2.35 bits per heavy atom. The second kappa shape index (κ2) is 9.41. The van der Waals surface area contributed by atoms with E-state index in [4.69, 9.17) is 10.5 Å². The van der Waals surface area contributed by atoms with E-state index in [-0.39, 0.29) is 17.9 Å². The molecule has 0 aliphatic carbocycles. The van der Waals surface area contributed by atoms with E-state index in [0.717, 1.165) is 14.7 Å². The van der Waals surface area contributed by atoms with E-state index < -0.39 is 35.2 Å². The van der Waals surface area contributed by atoms with Crippen molar-refractivity contribution in [2.24, 2.45) is 7.05 Å². The molecule has 4 aromatic rings. The van der Waals surface area contributed by atoms with Crippen molar-refractivity contribution in [2.75, 3.05) is 12.3 Å². The third kappa shape index (κ3) is 4.29. The number of H-pyrrole nitrogens is 1. The number of nitrogen functional groups attached to an aromatic ring is 1.